The number of aromatic amines is 1. The van der Waals surface area contributed by atoms with Gasteiger partial charge >= 0.3 is 0 Å². The van der Waals surface area contributed by atoms with Crippen LogP contribution < -0.4 is 5.32 Å². The first kappa shape index (κ1) is 13.5. The molecule has 112 valence electrons. The van der Waals surface area contributed by atoms with Gasteiger partial charge in [-0.3, -0.25) is 4.98 Å². The lowest BCUT2D eigenvalue weighted by atomic mass is 10.0. The number of nitrogens with zero attached hydrogens (tertiary/aromatic N) is 2. The van der Waals surface area contributed by atoms with Crippen molar-refractivity contribution in [2.24, 2.45) is 0 Å². The van der Waals surface area contributed by atoms with Gasteiger partial charge in [0.25, 0.3) is 0 Å². The van der Waals surface area contributed by atoms with Crippen molar-refractivity contribution in [2.75, 3.05) is 13.6 Å². The molecular weight excluding hydrogens is 272 g/mol. The number of likely N-dealkylation sites (N-methyl/N-ethyl adjacent to an activating group) is 1. The number of benzene rings is 1. The average molecular weight is 292 g/mol. The van der Waals surface area contributed by atoms with E-state index < -0.39 is 0 Å². The number of hydrogen-bond acceptors (Lipinski definition) is 3. The fraction of sp³-hybridized carbons (Fsp3) is 0.278. The summed E-state index contributed by atoms with van der Waals surface area (Å²) in [6.45, 7) is 2.88. The molecule has 1 aromatic carbocycles. The van der Waals surface area contributed by atoms with Gasteiger partial charge in [0.05, 0.1) is 6.04 Å². The van der Waals surface area contributed by atoms with Gasteiger partial charge in [0.2, 0.25) is 0 Å². The zero-order valence-corrected chi connectivity index (χ0v) is 12.7. The third-order valence-corrected chi connectivity index (χ3v) is 4.42. The van der Waals surface area contributed by atoms with E-state index in [1.165, 1.54) is 27.7 Å². The number of rotatable bonds is 3. The molecule has 0 saturated carbocycles. The Morgan fingerprint density at radius 3 is 2.91 bits per heavy atom. The molecule has 4 nitrogen and oxygen atoms in total. The SMILES string of the molecule is CN1Cc2c([nH]c3ccccc23)C(NCc2ccncc2)C1. The van der Waals surface area contributed by atoms with E-state index in [2.05, 4.69) is 63.6 Å². The Balaban J connectivity index is 1.64. The zero-order valence-electron chi connectivity index (χ0n) is 12.7. The predicted octanol–water partition coefficient (Wildman–Crippen LogP) is 2.84. The first-order valence-corrected chi connectivity index (χ1v) is 7.71. The van der Waals surface area contributed by atoms with Crippen LogP contribution in [0, 0.1) is 0 Å². The Morgan fingerprint density at radius 2 is 2.05 bits per heavy atom. The molecule has 0 aliphatic carbocycles. The lowest BCUT2D eigenvalue weighted by Gasteiger charge is -2.31. The summed E-state index contributed by atoms with van der Waals surface area (Å²) in [6.07, 6.45) is 3.69. The van der Waals surface area contributed by atoms with Crippen molar-refractivity contribution in [1.29, 1.82) is 0 Å². The summed E-state index contributed by atoms with van der Waals surface area (Å²) in [6, 6.07) is 13.0. The van der Waals surface area contributed by atoms with Gasteiger partial charge in [0.1, 0.15) is 0 Å². The second kappa shape index (κ2) is 5.55. The van der Waals surface area contributed by atoms with E-state index in [0.29, 0.717) is 6.04 Å². The van der Waals surface area contributed by atoms with Gasteiger partial charge in [-0.05, 0) is 36.4 Å². The van der Waals surface area contributed by atoms with Crippen LogP contribution in [0.2, 0.25) is 0 Å². The van der Waals surface area contributed by atoms with E-state index >= 15 is 0 Å². The second-order valence-corrected chi connectivity index (χ2v) is 6.05. The Hall–Kier alpha value is -2.17. The lowest BCUT2D eigenvalue weighted by molar-refractivity contribution is 0.258. The van der Waals surface area contributed by atoms with E-state index in [1.807, 2.05) is 12.4 Å². The predicted molar refractivity (Wildman–Crippen MR) is 88.5 cm³/mol. The fourth-order valence-corrected chi connectivity index (χ4v) is 3.33. The van der Waals surface area contributed by atoms with Gasteiger partial charge in [-0.2, -0.15) is 0 Å². The minimum Gasteiger partial charge on any atom is -0.357 e. The zero-order chi connectivity index (χ0) is 14.9. The van der Waals surface area contributed by atoms with Crippen molar-refractivity contribution < 1.29 is 0 Å². The van der Waals surface area contributed by atoms with E-state index in [-0.39, 0.29) is 0 Å². The maximum absolute atomic E-state index is 4.07. The summed E-state index contributed by atoms with van der Waals surface area (Å²) in [5.74, 6) is 0. The number of H-pyrrole nitrogens is 1. The smallest absolute Gasteiger partial charge is 0.0608 e. The molecule has 0 amide bonds. The minimum atomic E-state index is 0.328. The molecule has 0 bridgehead atoms. The highest BCUT2D eigenvalue weighted by molar-refractivity contribution is 5.85. The normalized spacial score (nSPS) is 18.5. The van der Waals surface area contributed by atoms with Gasteiger partial charge in [0.15, 0.2) is 0 Å². The van der Waals surface area contributed by atoms with Crippen molar-refractivity contribution in [2.45, 2.75) is 19.1 Å². The fourth-order valence-electron chi connectivity index (χ4n) is 3.33. The van der Waals surface area contributed by atoms with Crippen LogP contribution in [0.1, 0.15) is 22.9 Å². The van der Waals surface area contributed by atoms with Crippen molar-refractivity contribution in [3.63, 3.8) is 0 Å². The summed E-state index contributed by atoms with van der Waals surface area (Å²) in [5, 5.41) is 5.03. The molecule has 0 spiro atoms. The number of para-hydroxylation sites is 1. The topological polar surface area (TPSA) is 44.0 Å². The summed E-state index contributed by atoms with van der Waals surface area (Å²) >= 11 is 0. The molecule has 2 aromatic heterocycles. The van der Waals surface area contributed by atoms with Gasteiger partial charge in [-0.1, -0.05) is 18.2 Å². The molecule has 4 heteroatoms. The molecule has 3 aromatic rings. The molecule has 3 heterocycles. The quantitative estimate of drug-likeness (QED) is 0.780. The van der Waals surface area contributed by atoms with Crippen molar-refractivity contribution >= 4 is 10.9 Å². The van der Waals surface area contributed by atoms with Crippen LogP contribution >= 0.6 is 0 Å². The minimum absolute atomic E-state index is 0.328. The first-order chi connectivity index (χ1) is 10.8. The molecular formula is C18H20N4. The van der Waals surface area contributed by atoms with Crippen LogP contribution in [0.4, 0.5) is 0 Å². The summed E-state index contributed by atoms with van der Waals surface area (Å²) < 4.78 is 0. The molecule has 1 unspecified atom stereocenters. The molecule has 0 fully saturated rings. The van der Waals surface area contributed by atoms with Crippen molar-refractivity contribution in [1.82, 2.24) is 20.2 Å². The van der Waals surface area contributed by atoms with Crippen LogP contribution in [-0.2, 0) is 13.1 Å². The van der Waals surface area contributed by atoms with Crippen LogP contribution in [0.15, 0.2) is 48.8 Å². The first-order valence-electron chi connectivity index (χ1n) is 7.71. The number of aromatic nitrogens is 2. The van der Waals surface area contributed by atoms with Gasteiger partial charge in [0, 0.05) is 48.6 Å². The second-order valence-electron chi connectivity index (χ2n) is 6.05. The maximum Gasteiger partial charge on any atom is 0.0608 e. The third-order valence-electron chi connectivity index (χ3n) is 4.42. The molecule has 1 atom stereocenters. The van der Waals surface area contributed by atoms with Crippen LogP contribution in [-0.4, -0.2) is 28.5 Å². The Bertz CT molecular complexity index is 778. The molecule has 0 radical (unpaired) electrons. The van der Waals surface area contributed by atoms with Gasteiger partial charge in [-0.25, -0.2) is 0 Å². The highest BCUT2D eigenvalue weighted by Gasteiger charge is 2.26. The number of pyridine rings is 1. The molecule has 0 saturated heterocycles. The van der Waals surface area contributed by atoms with Crippen LogP contribution in [0.25, 0.3) is 10.9 Å². The highest BCUT2D eigenvalue weighted by atomic mass is 15.1. The maximum atomic E-state index is 4.07. The average Bonchev–Trinajstić information content (AvgIpc) is 2.92. The Labute approximate surface area is 130 Å². The number of nitrogens with one attached hydrogen (secondary N) is 2. The van der Waals surface area contributed by atoms with Gasteiger partial charge in [-0.15, -0.1) is 0 Å². The molecule has 4 rings (SSSR count). The molecule has 22 heavy (non-hydrogen) atoms. The monoisotopic (exact) mass is 292 g/mol. The van der Waals surface area contributed by atoms with E-state index in [0.717, 1.165) is 19.6 Å². The lowest BCUT2D eigenvalue weighted by Crippen LogP contribution is -2.37. The Morgan fingerprint density at radius 1 is 1.23 bits per heavy atom. The summed E-state index contributed by atoms with van der Waals surface area (Å²) in [5.41, 5.74) is 5.27. The van der Waals surface area contributed by atoms with Crippen molar-refractivity contribution in [3.05, 3.63) is 65.6 Å². The number of fused-ring (bicyclic) bond motifs is 3. The molecule has 1 aliphatic heterocycles. The standard InChI is InChI=1S/C18H20N4/c1-22-11-15-14-4-2-3-5-16(14)21-18(15)17(12-22)20-10-13-6-8-19-9-7-13/h2-9,17,20-21H,10-12H2,1H3. The summed E-state index contributed by atoms with van der Waals surface area (Å²) in [7, 11) is 2.19. The Kier molecular flexibility index (Phi) is 3.41. The van der Waals surface area contributed by atoms with Crippen LogP contribution in [0.3, 0.4) is 0 Å². The van der Waals surface area contributed by atoms with Crippen molar-refractivity contribution in [3.8, 4) is 0 Å². The molecule has 2 N–H and O–H groups in total. The van der Waals surface area contributed by atoms with E-state index in [4.69, 9.17) is 0 Å². The van der Waals surface area contributed by atoms with E-state index in [9.17, 15) is 0 Å². The van der Waals surface area contributed by atoms with E-state index in [1.54, 1.807) is 0 Å². The van der Waals surface area contributed by atoms with Gasteiger partial charge < -0.3 is 15.2 Å². The highest BCUT2D eigenvalue weighted by Crippen LogP contribution is 2.31. The molecule has 1 aliphatic rings. The largest absolute Gasteiger partial charge is 0.357 e. The summed E-state index contributed by atoms with van der Waals surface area (Å²) in [4.78, 5) is 10.1. The van der Waals surface area contributed by atoms with Crippen LogP contribution in [0.5, 0.6) is 0 Å². The third kappa shape index (κ3) is 2.40. The number of hydrogen-bond donors (Lipinski definition) is 2.